The molecular formula is C18H14N4O. The van der Waals surface area contributed by atoms with E-state index in [4.69, 9.17) is 10.5 Å². The molecular weight excluding hydrogens is 288 g/mol. The van der Waals surface area contributed by atoms with Gasteiger partial charge in [0.25, 0.3) is 0 Å². The molecule has 0 aliphatic carbocycles. The number of methoxy groups -OCH3 is 1. The number of nitrogens with two attached hydrogens (primary N) is 1. The number of ether oxygens (including phenoxy) is 1. The largest absolute Gasteiger partial charge is 0.480 e. The van der Waals surface area contributed by atoms with Gasteiger partial charge in [0.2, 0.25) is 5.88 Å². The van der Waals surface area contributed by atoms with Crippen molar-refractivity contribution in [2.45, 2.75) is 0 Å². The molecule has 0 fully saturated rings. The summed E-state index contributed by atoms with van der Waals surface area (Å²) < 4.78 is 5.41. The van der Waals surface area contributed by atoms with Gasteiger partial charge in [-0.25, -0.2) is 0 Å². The van der Waals surface area contributed by atoms with Gasteiger partial charge in [-0.05, 0) is 17.7 Å². The zero-order valence-electron chi connectivity index (χ0n) is 12.5. The van der Waals surface area contributed by atoms with Gasteiger partial charge in [-0.15, -0.1) is 0 Å². The SMILES string of the molecule is COc1nc(N)c(C#N)c(-c2ccccn2)c1-c1ccccc1. The van der Waals surface area contributed by atoms with Gasteiger partial charge in [0, 0.05) is 11.8 Å². The third-order valence-corrected chi connectivity index (χ3v) is 3.48. The van der Waals surface area contributed by atoms with Crippen molar-refractivity contribution in [3.8, 4) is 34.3 Å². The minimum Gasteiger partial charge on any atom is -0.480 e. The van der Waals surface area contributed by atoms with Crippen LogP contribution in [0.1, 0.15) is 5.56 Å². The fourth-order valence-corrected chi connectivity index (χ4v) is 2.48. The van der Waals surface area contributed by atoms with Crippen molar-refractivity contribution in [1.29, 1.82) is 5.26 Å². The van der Waals surface area contributed by atoms with Crippen LogP contribution in [-0.4, -0.2) is 17.1 Å². The van der Waals surface area contributed by atoms with Gasteiger partial charge >= 0.3 is 0 Å². The Hall–Kier alpha value is -3.39. The summed E-state index contributed by atoms with van der Waals surface area (Å²) in [5.41, 5.74) is 9.11. The molecule has 3 aromatic rings. The lowest BCUT2D eigenvalue weighted by Gasteiger charge is -2.16. The maximum atomic E-state index is 9.56. The summed E-state index contributed by atoms with van der Waals surface area (Å²) >= 11 is 0. The molecule has 2 aromatic heterocycles. The lowest BCUT2D eigenvalue weighted by atomic mass is 9.94. The number of benzene rings is 1. The topological polar surface area (TPSA) is 84.8 Å². The Balaban J connectivity index is 2.44. The Morgan fingerprint density at radius 2 is 1.78 bits per heavy atom. The van der Waals surface area contributed by atoms with Gasteiger partial charge in [-0.1, -0.05) is 36.4 Å². The van der Waals surface area contributed by atoms with Gasteiger partial charge < -0.3 is 10.5 Å². The highest BCUT2D eigenvalue weighted by Crippen LogP contribution is 2.41. The van der Waals surface area contributed by atoms with E-state index in [-0.39, 0.29) is 5.82 Å². The lowest BCUT2D eigenvalue weighted by molar-refractivity contribution is 0.400. The highest BCUT2D eigenvalue weighted by molar-refractivity contribution is 5.91. The zero-order valence-corrected chi connectivity index (χ0v) is 12.5. The monoisotopic (exact) mass is 302 g/mol. The predicted octanol–water partition coefficient (Wildman–Crippen LogP) is 3.27. The normalized spacial score (nSPS) is 10.1. The molecule has 5 nitrogen and oxygen atoms in total. The van der Waals surface area contributed by atoms with Crippen LogP contribution < -0.4 is 10.5 Å². The molecule has 0 atom stereocenters. The second-order valence-electron chi connectivity index (χ2n) is 4.82. The molecule has 2 N–H and O–H groups in total. The van der Waals surface area contributed by atoms with Crippen molar-refractivity contribution in [1.82, 2.24) is 9.97 Å². The third kappa shape index (κ3) is 2.58. The smallest absolute Gasteiger partial charge is 0.223 e. The maximum Gasteiger partial charge on any atom is 0.223 e. The van der Waals surface area contributed by atoms with Crippen LogP contribution in [-0.2, 0) is 0 Å². The van der Waals surface area contributed by atoms with E-state index in [1.807, 2.05) is 48.5 Å². The molecule has 0 unspecified atom stereocenters. The summed E-state index contributed by atoms with van der Waals surface area (Å²) in [6.45, 7) is 0. The quantitative estimate of drug-likeness (QED) is 0.802. The fraction of sp³-hybridized carbons (Fsp3) is 0.0556. The van der Waals surface area contributed by atoms with Gasteiger partial charge in [0.1, 0.15) is 17.5 Å². The predicted molar refractivity (Wildman–Crippen MR) is 88.6 cm³/mol. The van der Waals surface area contributed by atoms with Gasteiger partial charge in [0.05, 0.1) is 18.4 Å². The van der Waals surface area contributed by atoms with Crippen LogP contribution in [0.5, 0.6) is 5.88 Å². The van der Waals surface area contributed by atoms with Gasteiger partial charge in [0.15, 0.2) is 0 Å². The summed E-state index contributed by atoms with van der Waals surface area (Å²) in [6.07, 6.45) is 1.67. The first-order valence-corrected chi connectivity index (χ1v) is 7.00. The summed E-state index contributed by atoms with van der Waals surface area (Å²) in [6, 6.07) is 17.3. The van der Waals surface area contributed by atoms with Crippen molar-refractivity contribution < 1.29 is 4.74 Å². The molecule has 5 heteroatoms. The third-order valence-electron chi connectivity index (χ3n) is 3.48. The first-order chi connectivity index (χ1) is 11.3. The summed E-state index contributed by atoms with van der Waals surface area (Å²) in [7, 11) is 1.53. The Morgan fingerprint density at radius 3 is 2.39 bits per heavy atom. The first-order valence-electron chi connectivity index (χ1n) is 7.00. The van der Waals surface area contributed by atoms with Gasteiger partial charge in [-0.2, -0.15) is 10.2 Å². The number of anilines is 1. The summed E-state index contributed by atoms with van der Waals surface area (Å²) in [5, 5.41) is 9.56. The van der Waals surface area contributed by atoms with Gasteiger partial charge in [-0.3, -0.25) is 4.98 Å². The highest BCUT2D eigenvalue weighted by Gasteiger charge is 2.22. The van der Waals surface area contributed by atoms with Crippen LogP contribution in [0.2, 0.25) is 0 Å². The molecule has 23 heavy (non-hydrogen) atoms. The molecule has 3 rings (SSSR count). The molecule has 0 saturated carbocycles. The van der Waals surface area contributed by atoms with Crippen molar-refractivity contribution in [3.05, 3.63) is 60.3 Å². The van der Waals surface area contributed by atoms with Crippen molar-refractivity contribution in [2.24, 2.45) is 0 Å². The van der Waals surface area contributed by atoms with Crippen LogP contribution >= 0.6 is 0 Å². The van der Waals surface area contributed by atoms with E-state index in [1.54, 1.807) is 6.20 Å². The number of hydrogen-bond acceptors (Lipinski definition) is 5. The molecule has 0 radical (unpaired) electrons. The Morgan fingerprint density at radius 1 is 1.04 bits per heavy atom. The average molecular weight is 302 g/mol. The van der Waals surface area contributed by atoms with Crippen LogP contribution in [0.15, 0.2) is 54.7 Å². The summed E-state index contributed by atoms with van der Waals surface area (Å²) in [4.78, 5) is 8.60. The van der Waals surface area contributed by atoms with E-state index in [0.29, 0.717) is 28.3 Å². The van der Waals surface area contributed by atoms with E-state index in [2.05, 4.69) is 16.0 Å². The van der Waals surface area contributed by atoms with Crippen LogP contribution in [0.25, 0.3) is 22.4 Å². The van der Waals surface area contributed by atoms with Crippen molar-refractivity contribution in [3.63, 3.8) is 0 Å². The van der Waals surface area contributed by atoms with E-state index < -0.39 is 0 Å². The van der Waals surface area contributed by atoms with Crippen molar-refractivity contribution in [2.75, 3.05) is 12.8 Å². The minimum absolute atomic E-state index is 0.129. The van der Waals surface area contributed by atoms with E-state index >= 15 is 0 Å². The molecule has 0 saturated heterocycles. The average Bonchev–Trinajstić information content (AvgIpc) is 2.62. The molecule has 0 aliphatic rings. The zero-order chi connectivity index (χ0) is 16.2. The number of nitriles is 1. The highest BCUT2D eigenvalue weighted by atomic mass is 16.5. The molecule has 0 bridgehead atoms. The van der Waals surface area contributed by atoms with Crippen molar-refractivity contribution >= 4 is 5.82 Å². The fourth-order valence-electron chi connectivity index (χ4n) is 2.48. The number of hydrogen-bond donors (Lipinski definition) is 1. The standard InChI is InChI=1S/C18H14N4O/c1-23-18-15(12-7-3-2-4-8-12)16(13(11-19)17(20)22-18)14-9-5-6-10-21-14/h2-10H,1H3,(H2,20,22). The van der Waals surface area contributed by atoms with Crippen LogP contribution in [0, 0.1) is 11.3 Å². The maximum absolute atomic E-state index is 9.56. The minimum atomic E-state index is 0.129. The Labute approximate surface area is 134 Å². The lowest BCUT2D eigenvalue weighted by Crippen LogP contribution is -2.04. The number of rotatable bonds is 3. The number of pyridine rings is 2. The van der Waals surface area contributed by atoms with E-state index in [1.165, 1.54) is 7.11 Å². The number of nitrogen functional groups attached to an aromatic ring is 1. The van der Waals surface area contributed by atoms with Crippen LogP contribution in [0.3, 0.4) is 0 Å². The molecule has 112 valence electrons. The Kier molecular flexibility index (Phi) is 3.89. The second kappa shape index (κ2) is 6.16. The summed E-state index contributed by atoms with van der Waals surface area (Å²) in [5.74, 6) is 0.498. The molecule has 2 heterocycles. The molecule has 0 spiro atoms. The molecule has 0 aliphatic heterocycles. The number of nitrogens with zero attached hydrogens (tertiary/aromatic N) is 3. The van der Waals surface area contributed by atoms with E-state index in [0.717, 1.165) is 5.56 Å². The first kappa shape index (κ1) is 14.5. The second-order valence-corrected chi connectivity index (χ2v) is 4.82. The van der Waals surface area contributed by atoms with E-state index in [9.17, 15) is 5.26 Å². The molecule has 0 amide bonds. The number of aromatic nitrogens is 2. The van der Waals surface area contributed by atoms with Crippen LogP contribution in [0.4, 0.5) is 5.82 Å². The molecule has 1 aromatic carbocycles. The Bertz CT molecular complexity index is 871.